The van der Waals surface area contributed by atoms with Gasteiger partial charge in [0.05, 0.1) is 11.1 Å². The van der Waals surface area contributed by atoms with Crippen LogP contribution in [0, 0.1) is 0 Å². The molecule has 0 unspecified atom stereocenters. The van der Waals surface area contributed by atoms with E-state index >= 15 is 0 Å². The summed E-state index contributed by atoms with van der Waals surface area (Å²) in [5.74, 6) is -1.90. The first-order chi connectivity index (χ1) is 24.3. The number of carboxylic acid groups (broad SMARTS) is 2. The first-order valence-corrected chi connectivity index (χ1v) is 16.0. The molecule has 0 aliphatic rings. The fraction of sp³-hybridized carbons (Fsp3) is 0. The molecule has 7 aromatic carbocycles. The summed E-state index contributed by atoms with van der Waals surface area (Å²) in [5, 5.41) is 18.5. The molecular formula is C45H30O5. The summed E-state index contributed by atoms with van der Waals surface area (Å²) >= 11 is 0. The minimum Gasteiger partial charge on any atom is -0.478 e. The fourth-order valence-electron chi connectivity index (χ4n) is 6.06. The molecule has 5 nitrogen and oxygen atoms in total. The van der Waals surface area contributed by atoms with Crippen LogP contribution in [0.3, 0.4) is 0 Å². The third-order valence-corrected chi connectivity index (χ3v) is 8.90. The highest BCUT2D eigenvalue weighted by Crippen LogP contribution is 2.35. The van der Waals surface area contributed by atoms with Crippen molar-refractivity contribution in [3.8, 4) is 66.8 Å². The Hall–Kier alpha value is -6.85. The van der Waals surface area contributed by atoms with E-state index < -0.39 is 11.9 Å². The van der Waals surface area contributed by atoms with Gasteiger partial charge in [-0.15, -0.1) is 0 Å². The van der Waals surface area contributed by atoms with Crippen LogP contribution in [0.5, 0.6) is 0 Å². The number of hydrogen-bond donors (Lipinski definition) is 2. The number of aromatic carboxylic acids is 2. The van der Waals surface area contributed by atoms with Gasteiger partial charge in [0.15, 0.2) is 0 Å². The number of carbonyl (C=O) groups excluding carboxylic acids is 1. The van der Waals surface area contributed by atoms with Crippen LogP contribution in [0.15, 0.2) is 164 Å². The summed E-state index contributed by atoms with van der Waals surface area (Å²) in [6.45, 7) is 0. The molecule has 2 N–H and O–H groups in total. The van der Waals surface area contributed by atoms with Crippen molar-refractivity contribution < 1.29 is 24.6 Å². The number of aldehydes is 1. The van der Waals surface area contributed by atoms with Crippen molar-refractivity contribution in [1.29, 1.82) is 0 Å². The maximum atomic E-state index is 11.3. The summed E-state index contributed by atoms with van der Waals surface area (Å²) < 4.78 is 0. The van der Waals surface area contributed by atoms with Gasteiger partial charge in [-0.2, -0.15) is 0 Å². The number of hydrogen-bond acceptors (Lipinski definition) is 3. The molecule has 0 saturated heterocycles. The van der Waals surface area contributed by atoms with Gasteiger partial charge in [-0.3, -0.25) is 4.79 Å². The molecule has 7 aromatic rings. The molecule has 0 heterocycles. The lowest BCUT2D eigenvalue weighted by Gasteiger charge is -2.13. The maximum Gasteiger partial charge on any atom is 0.335 e. The average molecular weight is 651 g/mol. The number of carboxylic acids is 2. The molecule has 50 heavy (non-hydrogen) atoms. The SMILES string of the molecule is O=Cc1ccc(-c2ccc(-c3cc(-c4ccc(-c5ccc(C(=O)O)cc5)cc4)cc(-c4ccc(-c5ccc(C(=O)O)cc5)cc4)c3)cc2)cc1. The predicted molar refractivity (Wildman–Crippen MR) is 198 cm³/mol. The van der Waals surface area contributed by atoms with Gasteiger partial charge in [0.25, 0.3) is 0 Å². The number of carbonyl (C=O) groups is 3. The molecule has 0 bridgehead atoms. The Balaban J connectivity index is 1.24. The molecule has 7 rings (SSSR count). The van der Waals surface area contributed by atoms with Crippen LogP contribution in [0.2, 0.25) is 0 Å². The highest BCUT2D eigenvalue weighted by molar-refractivity contribution is 5.89. The normalized spacial score (nSPS) is 10.8. The van der Waals surface area contributed by atoms with E-state index in [1.807, 2.05) is 72.8 Å². The van der Waals surface area contributed by atoms with Crippen LogP contribution in [0.1, 0.15) is 31.1 Å². The third kappa shape index (κ3) is 6.75. The van der Waals surface area contributed by atoms with E-state index in [1.165, 1.54) is 0 Å². The number of benzene rings is 7. The van der Waals surface area contributed by atoms with E-state index in [1.54, 1.807) is 24.3 Å². The van der Waals surface area contributed by atoms with E-state index in [2.05, 4.69) is 66.7 Å². The van der Waals surface area contributed by atoms with Gasteiger partial charge in [-0.1, -0.05) is 121 Å². The Kier molecular flexibility index (Phi) is 8.70. The van der Waals surface area contributed by atoms with Gasteiger partial charge >= 0.3 is 11.9 Å². The van der Waals surface area contributed by atoms with Gasteiger partial charge in [-0.05, 0) is 109 Å². The van der Waals surface area contributed by atoms with Gasteiger partial charge in [0.2, 0.25) is 0 Å². The van der Waals surface area contributed by atoms with Crippen molar-refractivity contribution in [3.05, 3.63) is 180 Å². The standard InChI is InChI=1S/C45H30O5/c46-28-29-1-3-30(4-2-29)31-5-11-36(12-6-31)41-25-42(37-13-7-32(8-14-37)34-17-21-39(22-18-34)44(47)48)27-43(26-41)38-15-9-33(10-16-38)35-19-23-40(24-20-35)45(49)50/h1-28H,(H,47,48)(H,49,50). The highest BCUT2D eigenvalue weighted by atomic mass is 16.4. The predicted octanol–water partition coefficient (Wildman–Crippen LogP) is 10.9. The van der Waals surface area contributed by atoms with Gasteiger partial charge in [0.1, 0.15) is 6.29 Å². The summed E-state index contributed by atoms with van der Waals surface area (Å²) in [7, 11) is 0. The smallest absolute Gasteiger partial charge is 0.335 e. The molecule has 5 heteroatoms. The van der Waals surface area contributed by atoms with Crippen molar-refractivity contribution in [2.45, 2.75) is 0 Å². The molecule has 0 amide bonds. The molecular weight excluding hydrogens is 620 g/mol. The summed E-state index contributed by atoms with van der Waals surface area (Å²) in [4.78, 5) is 33.7. The van der Waals surface area contributed by atoms with E-state index in [0.717, 1.165) is 73.0 Å². The average Bonchev–Trinajstić information content (AvgIpc) is 3.18. The van der Waals surface area contributed by atoms with Crippen LogP contribution in [0.25, 0.3) is 66.8 Å². The summed E-state index contributed by atoms with van der Waals surface area (Å²) in [6, 6.07) is 52.8. The molecule has 0 saturated carbocycles. The first kappa shape index (κ1) is 31.7. The monoisotopic (exact) mass is 650 g/mol. The Morgan fingerprint density at radius 2 is 0.520 bits per heavy atom. The lowest BCUT2D eigenvalue weighted by Crippen LogP contribution is -1.94. The van der Waals surface area contributed by atoms with Crippen LogP contribution in [0.4, 0.5) is 0 Å². The van der Waals surface area contributed by atoms with E-state index in [9.17, 15) is 24.6 Å². The molecule has 0 fully saturated rings. The first-order valence-electron chi connectivity index (χ1n) is 16.0. The zero-order chi connectivity index (χ0) is 34.6. The second-order valence-electron chi connectivity index (χ2n) is 12.0. The minimum absolute atomic E-state index is 0.252. The van der Waals surface area contributed by atoms with Crippen LogP contribution in [-0.4, -0.2) is 28.4 Å². The maximum absolute atomic E-state index is 11.3. The topological polar surface area (TPSA) is 91.7 Å². The molecule has 0 radical (unpaired) electrons. The van der Waals surface area contributed by atoms with Gasteiger partial charge < -0.3 is 10.2 Å². The lowest BCUT2D eigenvalue weighted by molar-refractivity contribution is 0.0686. The zero-order valence-corrected chi connectivity index (χ0v) is 26.8. The molecule has 0 aromatic heterocycles. The van der Waals surface area contributed by atoms with Gasteiger partial charge in [-0.25, -0.2) is 9.59 Å². The highest BCUT2D eigenvalue weighted by Gasteiger charge is 2.11. The minimum atomic E-state index is -0.950. The van der Waals surface area contributed by atoms with Crippen molar-refractivity contribution in [3.63, 3.8) is 0 Å². The Morgan fingerprint density at radius 3 is 0.740 bits per heavy atom. The summed E-state index contributed by atoms with van der Waals surface area (Å²) in [5.41, 5.74) is 13.4. The Bertz CT molecular complexity index is 2200. The van der Waals surface area contributed by atoms with E-state index in [0.29, 0.717) is 5.56 Å². The van der Waals surface area contributed by atoms with E-state index in [-0.39, 0.29) is 11.1 Å². The van der Waals surface area contributed by atoms with E-state index in [4.69, 9.17) is 0 Å². The molecule has 0 aliphatic heterocycles. The Morgan fingerprint density at radius 1 is 0.320 bits per heavy atom. The van der Waals surface area contributed by atoms with Crippen LogP contribution in [-0.2, 0) is 0 Å². The molecule has 0 atom stereocenters. The number of rotatable bonds is 9. The second kappa shape index (κ2) is 13.7. The van der Waals surface area contributed by atoms with Crippen molar-refractivity contribution >= 4 is 18.2 Å². The Labute approximate surface area is 289 Å². The second-order valence-corrected chi connectivity index (χ2v) is 12.0. The van der Waals surface area contributed by atoms with Crippen molar-refractivity contribution in [2.75, 3.05) is 0 Å². The lowest BCUT2D eigenvalue weighted by atomic mass is 9.91. The quantitative estimate of drug-likeness (QED) is 0.152. The molecule has 0 spiro atoms. The van der Waals surface area contributed by atoms with Crippen LogP contribution < -0.4 is 0 Å². The largest absolute Gasteiger partial charge is 0.478 e. The molecule has 0 aliphatic carbocycles. The molecule has 240 valence electrons. The van der Waals surface area contributed by atoms with Crippen LogP contribution >= 0.6 is 0 Å². The third-order valence-electron chi connectivity index (χ3n) is 8.90. The van der Waals surface area contributed by atoms with Crippen molar-refractivity contribution in [1.82, 2.24) is 0 Å². The fourth-order valence-corrected chi connectivity index (χ4v) is 6.06. The zero-order valence-electron chi connectivity index (χ0n) is 26.8. The summed E-state index contributed by atoms with van der Waals surface area (Å²) in [6.07, 6.45) is 0.843. The van der Waals surface area contributed by atoms with Gasteiger partial charge in [0, 0.05) is 5.56 Å². The van der Waals surface area contributed by atoms with Crippen molar-refractivity contribution in [2.24, 2.45) is 0 Å².